The number of halogens is 1. The van der Waals surface area contributed by atoms with Crippen molar-refractivity contribution >= 4 is 40.9 Å². The number of rotatable bonds is 6. The van der Waals surface area contributed by atoms with Gasteiger partial charge in [-0.2, -0.15) is 0 Å². The molecule has 0 aromatic heterocycles. The van der Waals surface area contributed by atoms with Gasteiger partial charge in [0.25, 0.3) is 0 Å². The first-order valence-electron chi connectivity index (χ1n) is 5.79. The molecular weight excluding hydrogens is 286 g/mol. The molecule has 1 rings (SSSR count). The molecule has 0 heterocycles. The lowest BCUT2D eigenvalue weighted by molar-refractivity contribution is -0.136. The number of carboxylic acids is 1. The fourth-order valence-corrected chi connectivity index (χ4v) is 2.15. The zero-order valence-electron chi connectivity index (χ0n) is 10.8. The zero-order valence-corrected chi connectivity index (χ0v) is 12.4. The number of benzene rings is 1. The van der Waals surface area contributed by atoms with E-state index in [-0.39, 0.29) is 18.2 Å². The molecule has 4 nitrogen and oxygen atoms in total. The van der Waals surface area contributed by atoms with Gasteiger partial charge in [-0.3, -0.25) is 9.59 Å². The largest absolute Gasteiger partial charge is 0.480 e. The summed E-state index contributed by atoms with van der Waals surface area (Å²) in [6, 6.07) is 6.55. The Labute approximate surface area is 121 Å². The Morgan fingerprint density at radius 3 is 2.37 bits per heavy atom. The van der Waals surface area contributed by atoms with Crippen LogP contribution < -0.4 is 4.90 Å². The standard InChI is InChI=1S/C13H16ClNO3S/c1-9(2)19-8-12(16)15(7-13(17)18)11-5-3-10(14)4-6-11/h3-6,9H,7-8H2,1-2H3,(H,17,18). The lowest BCUT2D eigenvalue weighted by atomic mass is 10.3. The highest BCUT2D eigenvalue weighted by Crippen LogP contribution is 2.20. The summed E-state index contributed by atoms with van der Waals surface area (Å²) in [4.78, 5) is 24.2. The molecule has 6 heteroatoms. The molecule has 1 amide bonds. The number of hydrogen-bond acceptors (Lipinski definition) is 3. The summed E-state index contributed by atoms with van der Waals surface area (Å²) in [5, 5.41) is 9.76. The van der Waals surface area contributed by atoms with Gasteiger partial charge in [-0.15, -0.1) is 11.8 Å². The molecule has 0 fully saturated rings. The average Bonchev–Trinajstić information content (AvgIpc) is 2.34. The number of hydrogen-bond donors (Lipinski definition) is 1. The van der Waals surface area contributed by atoms with Gasteiger partial charge < -0.3 is 10.0 Å². The van der Waals surface area contributed by atoms with E-state index in [1.165, 1.54) is 16.7 Å². The van der Waals surface area contributed by atoms with E-state index in [1.54, 1.807) is 24.3 Å². The van der Waals surface area contributed by atoms with Crippen LogP contribution in [0.2, 0.25) is 5.02 Å². The quantitative estimate of drug-likeness (QED) is 0.878. The first kappa shape index (κ1) is 15.9. The van der Waals surface area contributed by atoms with Crippen molar-refractivity contribution in [3.8, 4) is 0 Å². The van der Waals surface area contributed by atoms with E-state index < -0.39 is 5.97 Å². The van der Waals surface area contributed by atoms with Gasteiger partial charge in [0.15, 0.2) is 0 Å². The zero-order chi connectivity index (χ0) is 14.4. The van der Waals surface area contributed by atoms with E-state index in [1.807, 2.05) is 13.8 Å². The van der Waals surface area contributed by atoms with Crippen LogP contribution in [-0.4, -0.2) is 34.5 Å². The first-order valence-corrected chi connectivity index (χ1v) is 7.22. The summed E-state index contributed by atoms with van der Waals surface area (Å²) in [6.45, 7) is 3.63. The van der Waals surface area contributed by atoms with Gasteiger partial charge in [-0.05, 0) is 29.5 Å². The Balaban J connectivity index is 2.84. The SMILES string of the molecule is CC(C)SCC(=O)N(CC(=O)O)c1ccc(Cl)cc1. The van der Waals surface area contributed by atoms with Crippen LogP contribution in [0.3, 0.4) is 0 Å². The molecule has 0 aliphatic rings. The predicted molar refractivity (Wildman–Crippen MR) is 79.0 cm³/mol. The Morgan fingerprint density at radius 2 is 1.89 bits per heavy atom. The second kappa shape index (κ2) is 7.40. The molecule has 0 aliphatic heterocycles. The van der Waals surface area contributed by atoms with Crippen molar-refractivity contribution in [1.29, 1.82) is 0 Å². The van der Waals surface area contributed by atoms with Gasteiger partial charge in [-0.25, -0.2) is 0 Å². The summed E-state index contributed by atoms with van der Waals surface area (Å²) in [6.07, 6.45) is 0. The maximum atomic E-state index is 12.1. The summed E-state index contributed by atoms with van der Waals surface area (Å²) in [5.41, 5.74) is 0.543. The molecule has 19 heavy (non-hydrogen) atoms. The van der Waals surface area contributed by atoms with E-state index >= 15 is 0 Å². The molecule has 0 saturated heterocycles. The van der Waals surface area contributed by atoms with Crippen molar-refractivity contribution in [2.75, 3.05) is 17.2 Å². The van der Waals surface area contributed by atoms with E-state index in [0.29, 0.717) is 16.0 Å². The molecule has 0 spiro atoms. The minimum atomic E-state index is -1.04. The van der Waals surface area contributed by atoms with Crippen molar-refractivity contribution in [2.24, 2.45) is 0 Å². The fourth-order valence-electron chi connectivity index (χ4n) is 1.40. The van der Waals surface area contributed by atoms with Crippen LogP contribution >= 0.6 is 23.4 Å². The maximum absolute atomic E-state index is 12.1. The number of carbonyl (C=O) groups is 2. The van der Waals surface area contributed by atoms with Crippen LogP contribution in [0, 0.1) is 0 Å². The van der Waals surface area contributed by atoms with Crippen LogP contribution in [0.1, 0.15) is 13.8 Å². The number of thioether (sulfide) groups is 1. The second-order valence-electron chi connectivity index (χ2n) is 4.21. The molecule has 0 saturated carbocycles. The molecule has 1 N–H and O–H groups in total. The maximum Gasteiger partial charge on any atom is 0.323 e. The van der Waals surface area contributed by atoms with Crippen LogP contribution in [0.5, 0.6) is 0 Å². The van der Waals surface area contributed by atoms with E-state index in [0.717, 1.165) is 0 Å². The lowest BCUT2D eigenvalue weighted by Gasteiger charge is -2.21. The minimum absolute atomic E-state index is 0.219. The molecule has 104 valence electrons. The molecule has 0 radical (unpaired) electrons. The monoisotopic (exact) mass is 301 g/mol. The number of aliphatic carboxylic acids is 1. The lowest BCUT2D eigenvalue weighted by Crippen LogP contribution is -2.37. The molecule has 0 aliphatic carbocycles. The number of carbonyl (C=O) groups excluding carboxylic acids is 1. The first-order chi connectivity index (χ1) is 8.90. The smallest absolute Gasteiger partial charge is 0.323 e. The van der Waals surface area contributed by atoms with E-state index in [2.05, 4.69) is 0 Å². The Bertz CT molecular complexity index is 448. The van der Waals surface area contributed by atoms with E-state index in [9.17, 15) is 9.59 Å². The molecule has 1 aromatic carbocycles. The third kappa shape index (κ3) is 5.53. The van der Waals surface area contributed by atoms with Crippen molar-refractivity contribution in [3.63, 3.8) is 0 Å². The Hall–Kier alpha value is -1.20. The van der Waals surface area contributed by atoms with Crippen molar-refractivity contribution < 1.29 is 14.7 Å². The average molecular weight is 302 g/mol. The fraction of sp³-hybridized carbons (Fsp3) is 0.385. The molecule has 0 bridgehead atoms. The normalized spacial score (nSPS) is 10.5. The van der Waals surface area contributed by atoms with Crippen LogP contribution in [0.25, 0.3) is 0 Å². The van der Waals surface area contributed by atoms with Crippen molar-refractivity contribution in [2.45, 2.75) is 19.1 Å². The number of anilines is 1. The number of carboxylic acid groups (broad SMARTS) is 1. The Kier molecular flexibility index (Phi) is 6.18. The highest BCUT2D eigenvalue weighted by molar-refractivity contribution is 8.00. The highest BCUT2D eigenvalue weighted by atomic mass is 35.5. The third-order valence-corrected chi connectivity index (χ3v) is 3.61. The molecule has 0 atom stereocenters. The van der Waals surface area contributed by atoms with Gasteiger partial charge in [0.05, 0.1) is 5.75 Å². The van der Waals surface area contributed by atoms with E-state index in [4.69, 9.17) is 16.7 Å². The van der Waals surface area contributed by atoms with Gasteiger partial charge in [-0.1, -0.05) is 25.4 Å². The van der Waals surface area contributed by atoms with Gasteiger partial charge in [0, 0.05) is 10.7 Å². The van der Waals surface area contributed by atoms with Crippen molar-refractivity contribution in [3.05, 3.63) is 29.3 Å². The molecule has 0 unspecified atom stereocenters. The second-order valence-corrected chi connectivity index (χ2v) is 6.21. The summed E-state index contributed by atoms with van der Waals surface area (Å²) in [7, 11) is 0. The number of nitrogens with zero attached hydrogens (tertiary/aromatic N) is 1. The third-order valence-electron chi connectivity index (χ3n) is 2.27. The molecule has 1 aromatic rings. The Morgan fingerprint density at radius 1 is 1.32 bits per heavy atom. The van der Waals surface area contributed by atoms with Gasteiger partial charge >= 0.3 is 5.97 Å². The van der Waals surface area contributed by atoms with Gasteiger partial charge in [0.2, 0.25) is 5.91 Å². The van der Waals surface area contributed by atoms with Crippen LogP contribution in [0.15, 0.2) is 24.3 Å². The summed E-state index contributed by atoms with van der Waals surface area (Å²) >= 11 is 7.26. The summed E-state index contributed by atoms with van der Waals surface area (Å²) in [5.74, 6) is -1.01. The molecular formula is C13H16ClNO3S. The van der Waals surface area contributed by atoms with Crippen LogP contribution in [0.4, 0.5) is 5.69 Å². The predicted octanol–water partition coefficient (Wildman–Crippen LogP) is 2.90. The highest BCUT2D eigenvalue weighted by Gasteiger charge is 2.19. The minimum Gasteiger partial charge on any atom is -0.480 e. The summed E-state index contributed by atoms with van der Waals surface area (Å²) < 4.78 is 0. The van der Waals surface area contributed by atoms with Gasteiger partial charge in [0.1, 0.15) is 6.54 Å². The van der Waals surface area contributed by atoms with Crippen LogP contribution in [-0.2, 0) is 9.59 Å². The number of amides is 1. The topological polar surface area (TPSA) is 57.6 Å². The van der Waals surface area contributed by atoms with Crippen molar-refractivity contribution in [1.82, 2.24) is 0 Å².